The van der Waals surface area contributed by atoms with Crippen LogP contribution in [0.1, 0.15) is 44.4 Å². The van der Waals surface area contributed by atoms with Crippen LogP contribution in [0.3, 0.4) is 0 Å². The first-order valence-corrected chi connectivity index (χ1v) is 6.24. The number of amides is 1. The fraction of sp³-hybridized carbons (Fsp3) is 0.500. The fourth-order valence-electron chi connectivity index (χ4n) is 2.12. The van der Waals surface area contributed by atoms with Gasteiger partial charge >= 0.3 is 6.18 Å². The number of benzene rings is 1. The van der Waals surface area contributed by atoms with Gasteiger partial charge in [-0.3, -0.25) is 4.79 Å². The second kappa shape index (κ2) is 5.83. The van der Waals surface area contributed by atoms with Crippen LogP contribution in [-0.4, -0.2) is 11.4 Å². The molecule has 0 aliphatic heterocycles. The van der Waals surface area contributed by atoms with Crippen LogP contribution in [0.4, 0.5) is 13.2 Å². The molecule has 0 heterocycles. The molecule has 0 saturated carbocycles. The lowest BCUT2D eigenvalue weighted by Crippen LogP contribution is -2.43. The molecule has 1 aromatic carbocycles. The zero-order valence-corrected chi connectivity index (χ0v) is 11.7. The Morgan fingerprint density at radius 2 is 1.75 bits per heavy atom. The number of carbonyl (C=O) groups excluding carboxylic acids is 1. The third-order valence-corrected chi connectivity index (χ3v) is 2.96. The SMILES string of the molecule is CC(NC(C)(C)CC(N)=O)c1ccc(C(F)(F)F)cc1. The Balaban J connectivity index is 2.78. The molecule has 1 unspecified atom stereocenters. The number of nitrogens with one attached hydrogen (secondary N) is 1. The molecule has 112 valence electrons. The maximum Gasteiger partial charge on any atom is 0.416 e. The first-order valence-electron chi connectivity index (χ1n) is 6.24. The van der Waals surface area contributed by atoms with E-state index in [4.69, 9.17) is 5.73 Å². The maximum absolute atomic E-state index is 12.5. The van der Waals surface area contributed by atoms with E-state index in [2.05, 4.69) is 5.32 Å². The number of primary amides is 1. The molecule has 0 radical (unpaired) electrons. The van der Waals surface area contributed by atoms with Crippen LogP contribution in [0.25, 0.3) is 0 Å². The van der Waals surface area contributed by atoms with Gasteiger partial charge in [0.1, 0.15) is 0 Å². The molecule has 3 nitrogen and oxygen atoms in total. The molecular formula is C14H19F3N2O. The molecule has 0 bridgehead atoms. The van der Waals surface area contributed by atoms with Crippen molar-refractivity contribution in [1.29, 1.82) is 0 Å². The number of carbonyl (C=O) groups is 1. The fourth-order valence-corrected chi connectivity index (χ4v) is 2.12. The number of hydrogen-bond acceptors (Lipinski definition) is 2. The number of halogens is 3. The van der Waals surface area contributed by atoms with Crippen LogP contribution >= 0.6 is 0 Å². The van der Waals surface area contributed by atoms with Crippen LogP contribution in [0.2, 0.25) is 0 Å². The van der Waals surface area contributed by atoms with Gasteiger partial charge in [0, 0.05) is 18.0 Å². The molecule has 3 N–H and O–H groups in total. The lowest BCUT2D eigenvalue weighted by molar-refractivity contribution is -0.137. The van der Waals surface area contributed by atoms with Gasteiger partial charge in [-0.2, -0.15) is 13.2 Å². The molecule has 0 spiro atoms. The summed E-state index contributed by atoms with van der Waals surface area (Å²) in [5.41, 5.74) is 4.68. The van der Waals surface area contributed by atoms with Crippen molar-refractivity contribution in [3.8, 4) is 0 Å². The summed E-state index contributed by atoms with van der Waals surface area (Å²) in [4.78, 5) is 10.9. The van der Waals surface area contributed by atoms with Gasteiger partial charge < -0.3 is 11.1 Å². The smallest absolute Gasteiger partial charge is 0.370 e. The van der Waals surface area contributed by atoms with Crippen LogP contribution in [-0.2, 0) is 11.0 Å². The normalized spacial score (nSPS) is 14.1. The molecule has 1 amide bonds. The third kappa shape index (κ3) is 4.85. The van der Waals surface area contributed by atoms with E-state index in [0.717, 1.165) is 17.7 Å². The number of nitrogens with two attached hydrogens (primary N) is 1. The summed E-state index contributed by atoms with van der Waals surface area (Å²) in [5, 5.41) is 3.18. The van der Waals surface area contributed by atoms with Gasteiger partial charge in [0.2, 0.25) is 5.91 Å². The number of alkyl halides is 3. The largest absolute Gasteiger partial charge is 0.416 e. The second-order valence-corrected chi connectivity index (χ2v) is 5.51. The summed E-state index contributed by atoms with van der Waals surface area (Å²) in [6.45, 7) is 5.46. The summed E-state index contributed by atoms with van der Waals surface area (Å²) in [7, 11) is 0. The molecule has 1 rings (SSSR count). The zero-order valence-electron chi connectivity index (χ0n) is 11.7. The predicted octanol–water partition coefficient (Wildman–Crippen LogP) is 3.01. The van der Waals surface area contributed by atoms with Crippen molar-refractivity contribution < 1.29 is 18.0 Å². The molecule has 1 atom stereocenters. The van der Waals surface area contributed by atoms with Gasteiger partial charge in [0.05, 0.1) is 5.56 Å². The van der Waals surface area contributed by atoms with Crippen molar-refractivity contribution >= 4 is 5.91 Å². The van der Waals surface area contributed by atoms with Crippen LogP contribution in [0.15, 0.2) is 24.3 Å². The second-order valence-electron chi connectivity index (χ2n) is 5.51. The summed E-state index contributed by atoms with van der Waals surface area (Å²) in [5.74, 6) is -0.429. The predicted molar refractivity (Wildman–Crippen MR) is 70.9 cm³/mol. The van der Waals surface area contributed by atoms with Gasteiger partial charge in [-0.05, 0) is 38.5 Å². The summed E-state index contributed by atoms with van der Waals surface area (Å²) in [6, 6.07) is 4.77. The number of hydrogen-bond donors (Lipinski definition) is 2. The van der Waals surface area contributed by atoms with Crippen molar-refractivity contribution in [2.24, 2.45) is 5.73 Å². The zero-order chi connectivity index (χ0) is 15.6. The van der Waals surface area contributed by atoms with Crippen molar-refractivity contribution in [2.75, 3.05) is 0 Å². The first-order chi connectivity index (χ1) is 9.01. The quantitative estimate of drug-likeness (QED) is 0.875. The average Bonchev–Trinajstić information content (AvgIpc) is 2.25. The van der Waals surface area contributed by atoms with Crippen molar-refractivity contribution in [3.05, 3.63) is 35.4 Å². The van der Waals surface area contributed by atoms with Crippen molar-refractivity contribution in [3.63, 3.8) is 0 Å². The summed E-state index contributed by atoms with van der Waals surface area (Å²) in [6.07, 6.45) is -4.18. The van der Waals surface area contributed by atoms with E-state index >= 15 is 0 Å². The van der Waals surface area contributed by atoms with Gasteiger partial charge in [-0.15, -0.1) is 0 Å². The highest BCUT2D eigenvalue weighted by Gasteiger charge is 2.30. The molecule has 0 fully saturated rings. The third-order valence-electron chi connectivity index (χ3n) is 2.96. The Morgan fingerprint density at radius 1 is 1.25 bits per heavy atom. The van der Waals surface area contributed by atoms with E-state index < -0.39 is 23.2 Å². The first kappa shape index (κ1) is 16.5. The van der Waals surface area contributed by atoms with Gasteiger partial charge in [-0.1, -0.05) is 12.1 Å². The van der Waals surface area contributed by atoms with E-state index in [1.165, 1.54) is 12.1 Å². The Morgan fingerprint density at radius 3 is 2.15 bits per heavy atom. The lowest BCUT2D eigenvalue weighted by atomic mass is 9.96. The Kier molecular flexibility index (Phi) is 4.81. The maximum atomic E-state index is 12.5. The molecule has 20 heavy (non-hydrogen) atoms. The van der Waals surface area contributed by atoms with Gasteiger partial charge in [-0.25, -0.2) is 0 Å². The van der Waals surface area contributed by atoms with E-state index in [-0.39, 0.29) is 12.5 Å². The lowest BCUT2D eigenvalue weighted by Gasteiger charge is -2.29. The monoisotopic (exact) mass is 288 g/mol. The Labute approximate surface area is 116 Å². The van der Waals surface area contributed by atoms with Crippen molar-refractivity contribution in [2.45, 2.75) is 44.9 Å². The highest BCUT2D eigenvalue weighted by molar-refractivity contribution is 5.75. The molecule has 0 aliphatic rings. The highest BCUT2D eigenvalue weighted by Crippen LogP contribution is 2.30. The highest BCUT2D eigenvalue weighted by atomic mass is 19.4. The standard InChI is InChI=1S/C14H19F3N2O/c1-9(19-13(2,3)8-12(18)20)10-4-6-11(7-5-10)14(15,16)17/h4-7,9,19H,8H2,1-3H3,(H2,18,20). The van der Waals surface area contributed by atoms with Crippen LogP contribution in [0, 0.1) is 0 Å². The summed E-state index contributed by atoms with van der Waals surface area (Å²) < 4.78 is 37.4. The molecule has 0 aliphatic carbocycles. The molecule has 0 aromatic heterocycles. The molecule has 1 aromatic rings. The molecular weight excluding hydrogens is 269 g/mol. The minimum Gasteiger partial charge on any atom is -0.370 e. The molecule has 6 heteroatoms. The summed E-state index contributed by atoms with van der Waals surface area (Å²) >= 11 is 0. The van der Waals surface area contributed by atoms with Gasteiger partial charge in [0.15, 0.2) is 0 Å². The van der Waals surface area contributed by atoms with E-state index in [1.807, 2.05) is 20.8 Å². The van der Waals surface area contributed by atoms with E-state index in [1.54, 1.807) is 0 Å². The van der Waals surface area contributed by atoms with E-state index in [0.29, 0.717) is 0 Å². The molecule has 0 saturated heterocycles. The topological polar surface area (TPSA) is 55.1 Å². The van der Waals surface area contributed by atoms with Gasteiger partial charge in [0.25, 0.3) is 0 Å². The average molecular weight is 288 g/mol. The van der Waals surface area contributed by atoms with Crippen LogP contribution in [0.5, 0.6) is 0 Å². The Bertz CT molecular complexity index is 466. The Hall–Kier alpha value is -1.56. The van der Waals surface area contributed by atoms with Crippen LogP contribution < -0.4 is 11.1 Å². The van der Waals surface area contributed by atoms with E-state index in [9.17, 15) is 18.0 Å². The minimum atomic E-state index is -4.33. The number of rotatable bonds is 5. The van der Waals surface area contributed by atoms with Crippen molar-refractivity contribution in [1.82, 2.24) is 5.32 Å². The minimum absolute atomic E-state index is 0.151.